The van der Waals surface area contributed by atoms with E-state index in [1.54, 1.807) is 0 Å². The van der Waals surface area contributed by atoms with Gasteiger partial charge in [-0.3, -0.25) is 4.79 Å². The third-order valence-corrected chi connectivity index (χ3v) is 3.72. The molecule has 0 bridgehead atoms. The number of alkyl halides is 3. The number of carbonyl (C=O) groups is 1. The van der Waals surface area contributed by atoms with Crippen molar-refractivity contribution in [3.63, 3.8) is 0 Å². The smallest absolute Gasteiger partial charge is 0.349 e. The van der Waals surface area contributed by atoms with Gasteiger partial charge in [-0.2, -0.15) is 13.2 Å². The molecule has 3 nitrogen and oxygen atoms in total. The lowest BCUT2D eigenvalue weighted by molar-refractivity contribution is -0.187. The zero-order valence-corrected chi connectivity index (χ0v) is 11.3. The van der Waals surface area contributed by atoms with Gasteiger partial charge in [-0.25, -0.2) is 4.98 Å². The number of nitrogens with one attached hydrogen (secondary N) is 1. The lowest BCUT2D eigenvalue weighted by Gasteiger charge is -2.33. The first kappa shape index (κ1) is 15.1. The van der Waals surface area contributed by atoms with Crippen LogP contribution in [0.25, 0.3) is 0 Å². The fourth-order valence-corrected chi connectivity index (χ4v) is 2.57. The standard InChI is InChI=1S/C13H14ClF3N2O/c14-11-6-5-8(7-18-11)12(20)19-10-4-2-1-3-9(10)13(15,16)17/h5-7,9-10H,1-4H2,(H,19,20)/t9-,10+/m1/s1. The quantitative estimate of drug-likeness (QED) is 0.849. The summed E-state index contributed by atoms with van der Waals surface area (Å²) in [7, 11) is 0. The van der Waals surface area contributed by atoms with Gasteiger partial charge in [0.05, 0.1) is 11.5 Å². The van der Waals surface area contributed by atoms with Gasteiger partial charge in [0.1, 0.15) is 5.15 Å². The van der Waals surface area contributed by atoms with Crippen LogP contribution >= 0.6 is 11.6 Å². The molecular formula is C13H14ClF3N2O. The summed E-state index contributed by atoms with van der Waals surface area (Å²) in [5, 5.41) is 2.70. The largest absolute Gasteiger partial charge is 0.393 e. The van der Waals surface area contributed by atoms with Crippen LogP contribution in [0.1, 0.15) is 36.0 Å². The van der Waals surface area contributed by atoms with Crippen LogP contribution < -0.4 is 5.32 Å². The maximum atomic E-state index is 12.9. The molecule has 0 aromatic carbocycles. The van der Waals surface area contributed by atoms with E-state index in [0.29, 0.717) is 19.3 Å². The Kier molecular flexibility index (Phi) is 4.52. The SMILES string of the molecule is O=C(N[C@H]1CCCC[C@H]1C(F)(F)F)c1ccc(Cl)nc1. The van der Waals surface area contributed by atoms with Gasteiger partial charge in [-0.15, -0.1) is 0 Å². The Morgan fingerprint density at radius 1 is 1.30 bits per heavy atom. The van der Waals surface area contributed by atoms with Crippen LogP contribution in [0.2, 0.25) is 5.15 Å². The van der Waals surface area contributed by atoms with Crippen LogP contribution in [-0.2, 0) is 0 Å². The predicted molar refractivity (Wildman–Crippen MR) is 68.5 cm³/mol. The highest BCUT2D eigenvalue weighted by molar-refractivity contribution is 6.29. The molecule has 1 aromatic heterocycles. The molecule has 2 rings (SSSR count). The average molecular weight is 307 g/mol. The summed E-state index contributed by atoms with van der Waals surface area (Å²) < 4.78 is 38.7. The second-order valence-electron chi connectivity index (χ2n) is 4.88. The van der Waals surface area contributed by atoms with E-state index in [-0.39, 0.29) is 17.1 Å². The zero-order chi connectivity index (χ0) is 14.8. The van der Waals surface area contributed by atoms with Crippen molar-refractivity contribution < 1.29 is 18.0 Å². The number of hydrogen-bond donors (Lipinski definition) is 1. The Bertz CT molecular complexity index is 475. The van der Waals surface area contributed by atoms with Crippen LogP contribution in [0.4, 0.5) is 13.2 Å². The Balaban J connectivity index is 2.07. The molecule has 1 fully saturated rings. The highest BCUT2D eigenvalue weighted by Crippen LogP contribution is 2.37. The van der Waals surface area contributed by atoms with E-state index in [9.17, 15) is 18.0 Å². The first-order valence-electron chi connectivity index (χ1n) is 6.37. The van der Waals surface area contributed by atoms with E-state index in [4.69, 9.17) is 11.6 Å². The van der Waals surface area contributed by atoms with E-state index in [1.807, 2.05) is 0 Å². The molecule has 2 atom stereocenters. The molecule has 1 aliphatic rings. The van der Waals surface area contributed by atoms with Gasteiger partial charge in [-0.1, -0.05) is 24.4 Å². The first-order valence-corrected chi connectivity index (χ1v) is 6.75. The van der Waals surface area contributed by atoms with Gasteiger partial charge in [0.15, 0.2) is 0 Å². The highest BCUT2D eigenvalue weighted by atomic mass is 35.5. The summed E-state index contributed by atoms with van der Waals surface area (Å²) in [4.78, 5) is 15.7. The van der Waals surface area contributed by atoms with Crippen LogP contribution in [0.5, 0.6) is 0 Å². The Morgan fingerprint density at radius 3 is 2.60 bits per heavy atom. The molecule has 0 saturated heterocycles. The van der Waals surface area contributed by atoms with Crippen LogP contribution in [-0.4, -0.2) is 23.1 Å². The first-order chi connectivity index (χ1) is 9.38. The maximum Gasteiger partial charge on any atom is 0.393 e. The van der Waals surface area contributed by atoms with Crippen molar-refractivity contribution in [1.82, 2.24) is 10.3 Å². The second-order valence-corrected chi connectivity index (χ2v) is 5.27. The van der Waals surface area contributed by atoms with Crippen LogP contribution in [0, 0.1) is 5.92 Å². The summed E-state index contributed by atoms with van der Waals surface area (Å²) in [5.74, 6) is -2.02. The van der Waals surface area contributed by atoms with Gasteiger partial charge >= 0.3 is 6.18 Å². The average Bonchev–Trinajstić information content (AvgIpc) is 2.38. The minimum atomic E-state index is -4.28. The number of halogens is 4. The highest BCUT2D eigenvalue weighted by Gasteiger charge is 2.45. The predicted octanol–water partition coefficient (Wildman–Crippen LogP) is 3.59. The fraction of sp³-hybridized carbons (Fsp3) is 0.538. The van der Waals surface area contributed by atoms with Crippen molar-refractivity contribution in [1.29, 1.82) is 0 Å². The summed E-state index contributed by atoms with van der Waals surface area (Å²) in [5.41, 5.74) is 0.209. The lowest BCUT2D eigenvalue weighted by Crippen LogP contribution is -2.47. The number of carbonyl (C=O) groups excluding carboxylic acids is 1. The van der Waals surface area contributed by atoms with Gasteiger partial charge < -0.3 is 5.32 Å². The molecule has 1 amide bonds. The van der Waals surface area contributed by atoms with Gasteiger partial charge in [0.25, 0.3) is 5.91 Å². The van der Waals surface area contributed by atoms with Crippen molar-refractivity contribution in [2.45, 2.75) is 37.9 Å². The molecule has 1 saturated carbocycles. The minimum absolute atomic E-state index is 0.0628. The molecule has 0 radical (unpaired) electrons. The Labute approximate surface area is 119 Å². The van der Waals surface area contributed by atoms with Gasteiger partial charge in [-0.05, 0) is 25.0 Å². The third kappa shape index (κ3) is 3.62. The van der Waals surface area contributed by atoms with E-state index in [1.165, 1.54) is 18.3 Å². The molecule has 1 heterocycles. The molecular weight excluding hydrogens is 293 g/mol. The summed E-state index contributed by atoms with van der Waals surface area (Å²) in [6, 6.07) is 2.00. The summed E-state index contributed by atoms with van der Waals surface area (Å²) in [6.07, 6.45) is -1.39. The maximum absolute atomic E-state index is 12.9. The molecule has 0 spiro atoms. The van der Waals surface area contributed by atoms with Crippen molar-refractivity contribution in [3.05, 3.63) is 29.0 Å². The van der Waals surface area contributed by atoms with Crippen molar-refractivity contribution in [2.24, 2.45) is 5.92 Å². The Hall–Kier alpha value is -1.30. The molecule has 1 aliphatic carbocycles. The summed E-state index contributed by atoms with van der Waals surface area (Å²) >= 11 is 5.60. The molecule has 20 heavy (non-hydrogen) atoms. The summed E-state index contributed by atoms with van der Waals surface area (Å²) in [6.45, 7) is 0. The Morgan fingerprint density at radius 2 is 2.00 bits per heavy atom. The van der Waals surface area contributed by atoms with Crippen molar-refractivity contribution in [2.75, 3.05) is 0 Å². The number of pyridine rings is 1. The zero-order valence-electron chi connectivity index (χ0n) is 10.6. The molecule has 1 N–H and O–H groups in total. The molecule has 0 unspecified atom stereocenters. The number of amides is 1. The molecule has 110 valence electrons. The van der Waals surface area contributed by atoms with E-state index < -0.39 is 24.0 Å². The van der Waals surface area contributed by atoms with E-state index >= 15 is 0 Å². The van der Waals surface area contributed by atoms with Crippen molar-refractivity contribution >= 4 is 17.5 Å². The van der Waals surface area contributed by atoms with E-state index in [0.717, 1.165) is 0 Å². The normalized spacial score (nSPS) is 23.4. The molecule has 1 aromatic rings. The fourth-order valence-electron chi connectivity index (χ4n) is 2.46. The number of aromatic nitrogens is 1. The van der Waals surface area contributed by atoms with Crippen LogP contribution in [0.15, 0.2) is 18.3 Å². The van der Waals surface area contributed by atoms with Crippen molar-refractivity contribution in [3.8, 4) is 0 Å². The number of nitrogens with zero attached hydrogens (tertiary/aromatic N) is 1. The van der Waals surface area contributed by atoms with Crippen LogP contribution in [0.3, 0.4) is 0 Å². The monoisotopic (exact) mass is 306 g/mol. The van der Waals surface area contributed by atoms with E-state index in [2.05, 4.69) is 10.3 Å². The molecule has 0 aliphatic heterocycles. The number of hydrogen-bond acceptors (Lipinski definition) is 2. The van der Waals surface area contributed by atoms with Gasteiger partial charge in [0.2, 0.25) is 0 Å². The lowest BCUT2D eigenvalue weighted by atomic mass is 9.84. The molecule has 7 heteroatoms. The van der Waals surface area contributed by atoms with Gasteiger partial charge in [0, 0.05) is 12.2 Å². The second kappa shape index (κ2) is 5.99. The third-order valence-electron chi connectivity index (χ3n) is 3.49. The number of rotatable bonds is 2. The minimum Gasteiger partial charge on any atom is -0.349 e. The topological polar surface area (TPSA) is 42.0 Å².